The molecule has 8 heteroatoms. The molecule has 0 bridgehead atoms. The molecule has 3 rings (SSSR count). The van der Waals surface area contributed by atoms with Crippen LogP contribution in [-0.2, 0) is 11.0 Å². The van der Waals surface area contributed by atoms with Gasteiger partial charge in [0.2, 0.25) is 0 Å². The maximum Gasteiger partial charge on any atom is 0.416 e. The molecule has 0 aliphatic rings. The minimum absolute atomic E-state index is 0.00799. The van der Waals surface area contributed by atoms with Crippen LogP contribution in [0.2, 0.25) is 0 Å². The molecule has 0 aliphatic heterocycles. The first-order valence-corrected chi connectivity index (χ1v) is 8.03. The summed E-state index contributed by atoms with van der Waals surface area (Å²) in [5, 5.41) is 6.47. The van der Waals surface area contributed by atoms with E-state index in [1.165, 1.54) is 16.9 Å². The van der Waals surface area contributed by atoms with Crippen molar-refractivity contribution < 1.29 is 22.7 Å². The van der Waals surface area contributed by atoms with Crippen molar-refractivity contribution in [3.8, 4) is 11.4 Å². The second-order valence-electron chi connectivity index (χ2n) is 5.83. The van der Waals surface area contributed by atoms with Crippen LogP contribution < -0.4 is 10.1 Å². The SMILES string of the molecule is Cc1cccc(OCC(=O)Nc2cc(C(F)(F)F)ccc2-n2cccn2)c1. The third kappa shape index (κ3) is 4.66. The number of benzene rings is 2. The van der Waals surface area contributed by atoms with Crippen LogP contribution >= 0.6 is 0 Å². The van der Waals surface area contributed by atoms with E-state index in [4.69, 9.17) is 4.74 Å². The third-order valence-electron chi connectivity index (χ3n) is 3.71. The van der Waals surface area contributed by atoms with Crippen molar-refractivity contribution in [1.29, 1.82) is 0 Å². The van der Waals surface area contributed by atoms with Gasteiger partial charge in [-0.15, -0.1) is 0 Å². The number of amides is 1. The predicted molar refractivity (Wildman–Crippen MR) is 93.9 cm³/mol. The van der Waals surface area contributed by atoms with Crippen molar-refractivity contribution in [3.05, 3.63) is 72.1 Å². The van der Waals surface area contributed by atoms with Crippen molar-refractivity contribution in [3.63, 3.8) is 0 Å². The van der Waals surface area contributed by atoms with Gasteiger partial charge in [-0.3, -0.25) is 4.79 Å². The quantitative estimate of drug-likeness (QED) is 0.727. The van der Waals surface area contributed by atoms with Gasteiger partial charge in [-0.25, -0.2) is 4.68 Å². The Morgan fingerprint density at radius 3 is 2.67 bits per heavy atom. The highest BCUT2D eigenvalue weighted by Gasteiger charge is 2.31. The van der Waals surface area contributed by atoms with Gasteiger partial charge in [0, 0.05) is 12.4 Å². The molecule has 0 atom stereocenters. The number of alkyl halides is 3. The number of nitrogens with one attached hydrogen (secondary N) is 1. The van der Waals surface area contributed by atoms with E-state index in [0.717, 1.165) is 17.7 Å². The van der Waals surface area contributed by atoms with Crippen molar-refractivity contribution >= 4 is 11.6 Å². The number of halogens is 3. The zero-order chi connectivity index (χ0) is 19.4. The van der Waals surface area contributed by atoms with E-state index in [-0.39, 0.29) is 12.3 Å². The van der Waals surface area contributed by atoms with Crippen molar-refractivity contribution in [2.45, 2.75) is 13.1 Å². The van der Waals surface area contributed by atoms with Crippen LogP contribution in [0, 0.1) is 6.92 Å². The summed E-state index contributed by atoms with van der Waals surface area (Å²) in [5.41, 5.74) is 0.406. The van der Waals surface area contributed by atoms with E-state index in [1.807, 2.05) is 13.0 Å². The molecule has 0 unspecified atom stereocenters. The molecule has 140 valence electrons. The number of anilines is 1. The number of ether oxygens (including phenoxy) is 1. The minimum atomic E-state index is -4.53. The second kappa shape index (κ2) is 7.53. The average Bonchev–Trinajstić information content (AvgIpc) is 3.13. The number of hydrogen-bond acceptors (Lipinski definition) is 3. The molecule has 1 amide bonds. The lowest BCUT2D eigenvalue weighted by atomic mass is 10.1. The molecule has 0 fully saturated rings. The summed E-state index contributed by atoms with van der Waals surface area (Å²) < 4.78 is 45.8. The fourth-order valence-electron chi connectivity index (χ4n) is 2.46. The van der Waals surface area contributed by atoms with Crippen molar-refractivity contribution in [2.24, 2.45) is 0 Å². The molecule has 0 saturated heterocycles. The molecule has 1 aromatic heterocycles. The van der Waals surface area contributed by atoms with Crippen molar-refractivity contribution in [2.75, 3.05) is 11.9 Å². The topological polar surface area (TPSA) is 56.1 Å². The number of carbonyl (C=O) groups excluding carboxylic acids is 1. The van der Waals surface area contributed by atoms with Crippen LogP contribution in [0.25, 0.3) is 5.69 Å². The lowest BCUT2D eigenvalue weighted by Crippen LogP contribution is -2.21. The molecular weight excluding hydrogens is 359 g/mol. The normalized spacial score (nSPS) is 11.3. The predicted octanol–water partition coefficient (Wildman–Crippen LogP) is 4.22. The van der Waals surface area contributed by atoms with Gasteiger partial charge in [0.05, 0.1) is 16.9 Å². The van der Waals surface area contributed by atoms with Gasteiger partial charge in [0.15, 0.2) is 6.61 Å². The Bertz CT molecular complexity index is 938. The number of aryl methyl sites for hydroxylation is 1. The molecule has 3 aromatic rings. The smallest absolute Gasteiger partial charge is 0.416 e. The Hall–Kier alpha value is -3.29. The maximum absolute atomic E-state index is 13.0. The molecule has 0 radical (unpaired) electrons. The molecule has 0 aliphatic carbocycles. The second-order valence-corrected chi connectivity index (χ2v) is 5.83. The summed E-state index contributed by atoms with van der Waals surface area (Å²) in [7, 11) is 0. The summed E-state index contributed by atoms with van der Waals surface area (Å²) in [4.78, 5) is 12.2. The Morgan fingerprint density at radius 2 is 2.00 bits per heavy atom. The minimum Gasteiger partial charge on any atom is -0.484 e. The molecule has 1 heterocycles. The van der Waals surface area contributed by atoms with Gasteiger partial charge in [-0.1, -0.05) is 12.1 Å². The van der Waals surface area contributed by atoms with Gasteiger partial charge in [-0.05, 0) is 48.9 Å². The summed E-state index contributed by atoms with van der Waals surface area (Å²) >= 11 is 0. The molecule has 2 aromatic carbocycles. The van der Waals surface area contributed by atoms with E-state index in [9.17, 15) is 18.0 Å². The monoisotopic (exact) mass is 375 g/mol. The standard InChI is InChI=1S/C19H16F3N3O2/c1-13-4-2-5-15(10-13)27-12-18(26)24-16-11-14(19(20,21)22)6-7-17(16)25-9-3-8-23-25/h2-11H,12H2,1H3,(H,24,26). The number of hydrogen-bond donors (Lipinski definition) is 1. The van der Waals surface area contributed by atoms with Gasteiger partial charge < -0.3 is 10.1 Å². The third-order valence-corrected chi connectivity index (χ3v) is 3.71. The van der Waals surface area contributed by atoms with E-state index in [0.29, 0.717) is 11.4 Å². The molecule has 27 heavy (non-hydrogen) atoms. The summed E-state index contributed by atoms with van der Waals surface area (Å²) in [6.07, 6.45) is -1.47. The van der Waals surface area contributed by atoms with Crippen LogP contribution in [0.1, 0.15) is 11.1 Å². The van der Waals surface area contributed by atoms with E-state index < -0.39 is 17.6 Å². The summed E-state index contributed by atoms with van der Waals surface area (Å²) in [6.45, 7) is 1.55. The number of aromatic nitrogens is 2. The molecule has 0 saturated carbocycles. The fraction of sp³-hybridized carbons (Fsp3) is 0.158. The van der Waals surface area contributed by atoms with Crippen LogP contribution in [0.3, 0.4) is 0 Å². The van der Waals surface area contributed by atoms with Crippen LogP contribution in [0.5, 0.6) is 5.75 Å². The lowest BCUT2D eigenvalue weighted by molar-refractivity contribution is -0.137. The number of rotatable bonds is 5. The highest BCUT2D eigenvalue weighted by molar-refractivity contribution is 5.94. The van der Waals surface area contributed by atoms with E-state index >= 15 is 0 Å². The highest BCUT2D eigenvalue weighted by atomic mass is 19.4. The molecular formula is C19H16F3N3O2. The maximum atomic E-state index is 13.0. The fourth-order valence-corrected chi connectivity index (χ4v) is 2.46. The molecule has 0 spiro atoms. The zero-order valence-electron chi connectivity index (χ0n) is 14.3. The van der Waals surface area contributed by atoms with E-state index in [2.05, 4.69) is 10.4 Å². The highest BCUT2D eigenvalue weighted by Crippen LogP contribution is 2.33. The molecule has 5 nitrogen and oxygen atoms in total. The average molecular weight is 375 g/mol. The van der Waals surface area contributed by atoms with Crippen molar-refractivity contribution in [1.82, 2.24) is 9.78 Å². The first-order chi connectivity index (χ1) is 12.8. The van der Waals surface area contributed by atoms with E-state index in [1.54, 1.807) is 30.5 Å². The first kappa shape index (κ1) is 18.5. The Balaban J connectivity index is 1.80. The van der Waals surface area contributed by atoms with Gasteiger partial charge in [-0.2, -0.15) is 18.3 Å². The lowest BCUT2D eigenvalue weighted by Gasteiger charge is -2.15. The Morgan fingerprint density at radius 1 is 1.19 bits per heavy atom. The summed E-state index contributed by atoms with van der Waals surface area (Å²) in [6, 6.07) is 11.8. The Labute approximate surface area is 153 Å². The first-order valence-electron chi connectivity index (χ1n) is 8.03. The van der Waals surface area contributed by atoms with Gasteiger partial charge in [0.1, 0.15) is 5.75 Å². The van der Waals surface area contributed by atoms with Crippen LogP contribution in [-0.4, -0.2) is 22.3 Å². The van der Waals surface area contributed by atoms with Crippen LogP contribution in [0.4, 0.5) is 18.9 Å². The number of carbonyl (C=O) groups is 1. The van der Waals surface area contributed by atoms with Gasteiger partial charge in [0.25, 0.3) is 5.91 Å². The molecule has 1 N–H and O–H groups in total. The largest absolute Gasteiger partial charge is 0.484 e. The van der Waals surface area contributed by atoms with Gasteiger partial charge >= 0.3 is 6.18 Å². The zero-order valence-corrected chi connectivity index (χ0v) is 14.3. The number of nitrogens with zero attached hydrogens (tertiary/aromatic N) is 2. The van der Waals surface area contributed by atoms with Crippen LogP contribution in [0.15, 0.2) is 60.9 Å². The Kier molecular flexibility index (Phi) is 5.16. The summed E-state index contributed by atoms with van der Waals surface area (Å²) in [5.74, 6) is -0.0780.